The van der Waals surface area contributed by atoms with Crippen molar-refractivity contribution in [2.24, 2.45) is 11.7 Å². The van der Waals surface area contributed by atoms with Crippen LogP contribution in [-0.2, 0) is 4.79 Å². The first kappa shape index (κ1) is 23.2. The van der Waals surface area contributed by atoms with Crippen LogP contribution in [0.5, 0.6) is 5.75 Å². The summed E-state index contributed by atoms with van der Waals surface area (Å²) in [4.78, 5) is 38.7. The fourth-order valence-electron chi connectivity index (χ4n) is 5.38. The van der Waals surface area contributed by atoms with Crippen molar-refractivity contribution in [2.75, 3.05) is 25.5 Å². The van der Waals surface area contributed by atoms with Crippen molar-refractivity contribution in [3.63, 3.8) is 0 Å². The van der Waals surface area contributed by atoms with E-state index in [1.807, 2.05) is 35.8 Å². The fraction of sp³-hybridized carbons (Fsp3) is 0.423. The van der Waals surface area contributed by atoms with Crippen LogP contribution in [0.1, 0.15) is 53.7 Å². The minimum absolute atomic E-state index is 0.000340. The normalized spacial score (nSPS) is 20.4. The molecule has 2 aliphatic rings. The Morgan fingerprint density at radius 1 is 1.06 bits per heavy atom. The Bertz CT molecular complexity index is 1350. The summed E-state index contributed by atoms with van der Waals surface area (Å²) in [6.07, 6.45) is 2.77. The molecule has 1 aliphatic heterocycles. The number of hydrogen-bond acceptors (Lipinski definition) is 5. The Morgan fingerprint density at radius 3 is 2.43 bits per heavy atom. The van der Waals surface area contributed by atoms with Crippen LogP contribution in [0.2, 0.25) is 0 Å². The van der Waals surface area contributed by atoms with Gasteiger partial charge in [0.15, 0.2) is 0 Å². The second-order valence-electron chi connectivity index (χ2n) is 9.55. The third-order valence-electron chi connectivity index (χ3n) is 7.43. The fourth-order valence-corrected chi connectivity index (χ4v) is 5.38. The second kappa shape index (κ2) is 9.22. The summed E-state index contributed by atoms with van der Waals surface area (Å²) in [6.45, 7) is 3.32. The number of aromatic nitrogens is 2. The van der Waals surface area contributed by atoms with Crippen LogP contribution in [0.15, 0.2) is 41.2 Å². The maximum atomic E-state index is 13.6. The van der Waals surface area contributed by atoms with E-state index in [1.54, 1.807) is 23.8 Å². The Labute approximate surface area is 203 Å². The zero-order chi connectivity index (χ0) is 24.7. The van der Waals surface area contributed by atoms with Crippen molar-refractivity contribution in [3.8, 4) is 5.75 Å². The highest BCUT2D eigenvalue weighted by atomic mass is 16.5. The molecule has 5 rings (SSSR count). The quantitative estimate of drug-likeness (QED) is 0.504. The van der Waals surface area contributed by atoms with Gasteiger partial charge >= 0.3 is 5.69 Å². The van der Waals surface area contributed by atoms with E-state index in [0.29, 0.717) is 55.5 Å². The molecule has 2 fully saturated rings. The van der Waals surface area contributed by atoms with E-state index in [-0.39, 0.29) is 29.6 Å². The average molecular weight is 478 g/mol. The number of rotatable bonds is 6. The standard InChI is InChI=1S/C26H31N5O4/c1-15-6-9-17(12-22(15)35-2)29-25(33)16-7-10-18(11-8-16)30-21-5-3-4-20(24(27)32)23(21)31(26(30)34)19-13-28-14-19/h3-6,9,12,16,18-19,28H,7-8,10-11,13-14H2,1-2H3,(H2,27,32)(H,29,33)/t16-,18+. The smallest absolute Gasteiger partial charge is 0.329 e. The number of nitrogens with two attached hydrogens (primary N) is 1. The minimum atomic E-state index is -0.540. The molecule has 1 saturated carbocycles. The Kier molecular flexibility index (Phi) is 6.10. The summed E-state index contributed by atoms with van der Waals surface area (Å²) in [6, 6.07) is 10.9. The van der Waals surface area contributed by atoms with Crippen molar-refractivity contribution >= 4 is 28.5 Å². The molecule has 9 nitrogen and oxygen atoms in total. The molecule has 1 saturated heterocycles. The number of anilines is 1. The number of carbonyl (C=O) groups is 2. The van der Waals surface area contributed by atoms with Crippen molar-refractivity contribution < 1.29 is 14.3 Å². The molecule has 3 aromatic rings. The Morgan fingerprint density at radius 2 is 1.80 bits per heavy atom. The number of para-hydroxylation sites is 1. The number of nitrogens with zero attached hydrogens (tertiary/aromatic N) is 2. The number of primary amides is 1. The van der Waals surface area contributed by atoms with Gasteiger partial charge in [-0.15, -0.1) is 0 Å². The van der Waals surface area contributed by atoms with Gasteiger partial charge in [-0.25, -0.2) is 4.79 Å². The second-order valence-corrected chi connectivity index (χ2v) is 9.55. The first-order valence-electron chi connectivity index (χ1n) is 12.1. The Hall–Kier alpha value is -3.59. The number of ether oxygens (including phenoxy) is 1. The summed E-state index contributed by atoms with van der Waals surface area (Å²) in [5.74, 6) is 0.0569. The van der Waals surface area contributed by atoms with E-state index in [4.69, 9.17) is 10.5 Å². The van der Waals surface area contributed by atoms with Gasteiger partial charge in [0.1, 0.15) is 5.75 Å². The summed E-state index contributed by atoms with van der Waals surface area (Å²) in [5.41, 5.74) is 8.98. The van der Waals surface area contributed by atoms with Gasteiger partial charge in [-0.1, -0.05) is 12.1 Å². The Balaban J connectivity index is 1.37. The van der Waals surface area contributed by atoms with Gasteiger partial charge in [0.25, 0.3) is 5.91 Å². The summed E-state index contributed by atoms with van der Waals surface area (Å²) >= 11 is 0. The zero-order valence-corrected chi connectivity index (χ0v) is 20.0. The predicted octanol–water partition coefficient (Wildman–Crippen LogP) is 2.73. The van der Waals surface area contributed by atoms with Gasteiger partial charge < -0.3 is 21.1 Å². The first-order chi connectivity index (χ1) is 16.9. The van der Waals surface area contributed by atoms with Crippen LogP contribution in [0.3, 0.4) is 0 Å². The number of benzene rings is 2. The molecule has 4 N–H and O–H groups in total. The summed E-state index contributed by atoms with van der Waals surface area (Å²) in [7, 11) is 1.61. The van der Waals surface area contributed by atoms with Gasteiger partial charge in [0.2, 0.25) is 5.91 Å². The highest BCUT2D eigenvalue weighted by Crippen LogP contribution is 2.35. The van der Waals surface area contributed by atoms with E-state index < -0.39 is 5.91 Å². The van der Waals surface area contributed by atoms with Gasteiger partial charge in [-0.2, -0.15) is 0 Å². The molecular weight excluding hydrogens is 446 g/mol. The lowest BCUT2D eigenvalue weighted by atomic mass is 9.85. The van der Waals surface area contributed by atoms with Gasteiger partial charge in [-0.05, 0) is 56.4 Å². The average Bonchev–Trinajstić information content (AvgIpc) is 3.11. The van der Waals surface area contributed by atoms with E-state index in [2.05, 4.69) is 10.6 Å². The number of amides is 2. The topological polar surface area (TPSA) is 120 Å². The number of methoxy groups -OCH3 is 1. The predicted molar refractivity (Wildman–Crippen MR) is 134 cm³/mol. The number of hydrogen-bond donors (Lipinski definition) is 3. The molecule has 2 amide bonds. The number of carbonyl (C=O) groups excluding carboxylic acids is 2. The largest absolute Gasteiger partial charge is 0.496 e. The van der Waals surface area contributed by atoms with Crippen LogP contribution >= 0.6 is 0 Å². The number of nitrogens with one attached hydrogen (secondary N) is 2. The molecule has 35 heavy (non-hydrogen) atoms. The summed E-state index contributed by atoms with van der Waals surface area (Å²) in [5, 5.41) is 6.21. The van der Waals surface area contributed by atoms with E-state index in [9.17, 15) is 14.4 Å². The van der Waals surface area contributed by atoms with Crippen LogP contribution < -0.4 is 26.8 Å². The van der Waals surface area contributed by atoms with E-state index >= 15 is 0 Å². The molecule has 0 spiro atoms. The highest BCUT2D eigenvalue weighted by Gasteiger charge is 2.33. The van der Waals surface area contributed by atoms with Crippen molar-refractivity contribution in [1.29, 1.82) is 0 Å². The molecular formula is C26H31N5O4. The third-order valence-corrected chi connectivity index (χ3v) is 7.43. The molecule has 9 heteroatoms. The third kappa shape index (κ3) is 4.10. The number of fused-ring (bicyclic) bond motifs is 1. The molecule has 0 atom stereocenters. The molecule has 1 aromatic heterocycles. The van der Waals surface area contributed by atoms with Crippen LogP contribution in [0.4, 0.5) is 5.69 Å². The first-order valence-corrected chi connectivity index (χ1v) is 12.1. The summed E-state index contributed by atoms with van der Waals surface area (Å²) < 4.78 is 8.91. The van der Waals surface area contributed by atoms with Crippen LogP contribution in [0.25, 0.3) is 11.0 Å². The molecule has 0 radical (unpaired) electrons. The minimum Gasteiger partial charge on any atom is -0.496 e. The number of aryl methyl sites for hydroxylation is 1. The molecule has 1 aliphatic carbocycles. The van der Waals surface area contributed by atoms with Gasteiger partial charge in [0, 0.05) is 36.8 Å². The van der Waals surface area contributed by atoms with E-state index in [1.165, 1.54) is 0 Å². The highest BCUT2D eigenvalue weighted by molar-refractivity contribution is 6.04. The molecule has 2 aromatic carbocycles. The lowest BCUT2D eigenvalue weighted by molar-refractivity contribution is -0.121. The molecule has 184 valence electrons. The van der Waals surface area contributed by atoms with Crippen molar-refractivity contribution in [1.82, 2.24) is 14.5 Å². The number of imidazole rings is 1. The van der Waals surface area contributed by atoms with Gasteiger partial charge in [0.05, 0.1) is 29.7 Å². The maximum absolute atomic E-state index is 13.6. The van der Waals surface area contributed by atoms with Crippen LogP contribution in [-0.4, -0.2) is 41.1 Å². The zero-order valence-electron chi connectivity index (χ0n) is 20.0. The lowest BCUT2D eigenvalue weighted by Crippen LogP contribution is -2.47. The molecule has 0 bridgehead atoms. The van der Waals surface area contributed by atoms with Crippen molar-refractivity contribution in [3.05, 3.63) is 58.0 Å². The molecule has 2 heterocycles. The SMILES string of the molecule is COc1cc(NC(=O)[C@H]2CC[C@@H](n3c(=O)n(C4CNC4)c4c(C(N)=O)cccc43)CC2)ccc1C. The maximum Gasteiger partial charge on any atom is 0.329 e. The monoisotopic (exact) mass is 477 g/mol. The van der Waals surface area contributed by atoms with Gasteiger partial charge in [-0.3, -0.25) is 18.7 Å². The van der Waals surface area contributed by atoms with Crippen LogP contribution in [0, 0.1) is 12.8 Å². The van der Waals surface area contributed by atoms with Crippen molar-refractivity contribution in [2.45, 2.75) is 44.7 Å². The lowest BCUT2D eigenvalue weighted by Gasteiger charge is -2.29. The van der Waals surface area contributed by atoms with E-state index in [0.717, 1.165) is 16.8 Å². The molecule has 0 unspecified atom stereocenters.